The molecule has 0 radical (unpaired) electrons. The molecule has 15 nitrogen and oxygen atoms in total. The molecule has 0 saturated heterocycles. The summed E-state index contributed by atoms with van der Waals surface area (Å²) in [5.41, 5.74) is 0.528. The van der Waals surface area contributed by atoms with Gasteiger partial charge in [0.2, 0.25) is 0 Å². The van der Waals surface area contributed by atoms with E-state index in [9.17, 15) is 28.8 Å². The molecule has 0 bridgehead atoms. The van der Waals surface area contributed by atoms with Crippen LogP contribution in [0.4, 0.5) is 0 Å². The Balaban J connectivity index is -0.0000000688. The first-order chi connectivity index (χ1) is 19.1. The van der Waals surface area contributed by atoms with E-state index in [1.54, 1.807) is 0 Å². The standard InChI is InChI=1S/C6H14O3.3C4H6O2.3C3H4O2/c7-3-1-2-6(4-8)5-9;3*1-3(2)4(5)6;3*1-2-3(4)5/h6-9H,1-5H2;3*1H2,2H3,(H,5,6);3*2H,1H2,(H,4,5). The highest BCUT2D eigenvalue weighted by atomic mass is 16.4. The first kappa shape index (κ1) is 53.4. The summed E-state index contributed by atoms with van der Waals surface area (Å²) in [5.74, 6) is -5.79. The lowest BCUT2D eigenvalue weighted by molar-refractivity contribution is -0.133. The Labute approximate surface area is 244 Å². The third kappa shape index (κ3) is 91.6. The maximum Gasteiger partial charge on any atom is 0.330 e. The van der Waals surface area contributed by atoms with Gasteiger partial charge in [0.15, 0.2) is 0 Å². The van der Waals surface area contributed by atoms with Crippen molar-refractivity contribution < 1.29 is 74.7 Å². The average Bonchev–Trinajstić information content (AvgIpc) is 2.91. The van der Waals surface area contributed by atoms with Gasteiger partial charge in [-0.2, -0.15) is 0 Å². The molecule has 0 aromatic carbocycles. The average molecular weight is 609 g/mol. The minimum absolute atomic E-state index is 0.0104. The van der Waals surface area contributed by atoms with Gasteiger partial charge in [-0.05, 0) is 33.6 Å². The van der Waals surface area contributed by atoms with Crippen molar-refractivity contribution >= 4 is 35.8 Å². The highest BCUT2D eigenvalue weighted by Crippen LogP contribution is 2.02. The molecule has 0 aliphatic heterocycles. The van der Waals surface area contributed by atoms with E-state index in [2.05, 4.69) is 39.5 Å². The van der Waals surface area contributed by atoms with Gasteiger partial charge in [0.05, 0.1) is 0 Å². The van der Waals surface area contributed by atoms with Gasteiger partial charge in [0.1, 0.15) is 0 Å². The summed E-state index contributed by atoms with van der Waals surface area (Å²) in [4.78, 5) is 56.5. The van der Waals surface area contributed by atoms with Crippen LogP contribution in [0.1, 0.15) is 33.6 Å². The Morgan fingerprint density at radius 1 is 0.548 bits per heavy atom. The number of carbonyl (C=O) groups is 6. The van der Waals surface area contributed by atoms with Gasteiger partial charge in [-0.1, -0.05) is 39.5 Å². The van der Waals surface area contributed by atoms with Crippen molar-refractivity contribution in [3.05, 3.63) is 74.4 Å². The van der Waals surface area contributed by atoms with Gasteiger partial charge >= 0.3 is 35.8 Å². The molecule has 0 heterocycles. The molecule has 0 aliphatic carbocycles. The van der Waals surface area contributed by atoms with Crippen LogP contribution in [-0.2, 0) is 28.8 Å². The van der Waals surface area contributed by atoms with E-state index in [1.807, 2.05) is 0 Å². The number of carboxylic acid groups (broad SMARTS) is 6. The maximum absolute atomic E-state index is 9.60. The van der Waals surface area contributed by atoms with Gasteiger partial charge < -0.3 is 46.0 Å². The second-order valence-electron chi connectivity index (χ2n) is 6.98. The fourth-order valence-electron chi connectivity index (χ4n) is 0.620. The molecule has 242 valence electrons. The monoisotopic (exact) mass is 608 g/mol. The van der Waals surface area contributed by atoms with Crippen LogP contribution in [-0.4, -0.2) is 102 Å². The summed E-state index contributed by atoms with van der Waals surface area (Å²) >= 11 is 0. The number of hydrogen-bond donors (Lipinski definition) is 9. The quantitative estimate of drug-likeness (QED) is 0.152. The molecule has 0 amide bonds. The predicted molar refractivity (Wildman–Crippen MR) is 155 cm³/mol. The SMILES string of the molecule is C=C(C)C(=O)O.C=C(C)C(=O)O.C=C(C)C(=O)O.C=CC(=O)O.C=CC(=O)O.C=CC(=O)O.OCCCC(CO)CO. The molecule has 0 atom stereocenters. The lowest BCUT2D eigenvalue weighted by Crippen LogP contribution is -2.11. The smallest absolute Gasteiger partial charge is 0.330 e. The van der Waals surface area contributed by atoms with Gasteiger partial charge in [-0.25, -0.2) is 28.8 Å². The first-order valence-electron chi connectivity index (χ1n) is 11.1. The molecule has 0 rings (SSSR count). The zero-order valence-corrected chi connectivity index (χ0v) is 24.1. The van der Waals surface area contributed by atoms with Crippen molar-refractivity contribution in [1.82, 2.24) is 0 Å². The summed E-state index contributed by atoms with van der Waals surface area (Å²) < 4.78 is 0. The number of hydrogen-bond acceptors (Lipinski definition) is 9. The third-order valence-corrected chi connectivity index (χ3v) is 2.91. The Morgan fingerprint density at radius 2 is 0.714 bits per heavy atom. The van der Waals surface area contributed by atoms with Crippen LogP contribution in [0.2, 0.25) is 0 Å². The molecule has 42 heavy (non-hydrogen) atoms. The zero-order valence-electron chi connectivity index (χ0n) is 24.1. The molecule has 15 heteroatoms. The van der Waals surface area contributed by atoms with E-state index in [4.69, 9.17) is 46.0 Å². The molecular formula is C27H44O15. The molecule has 0 fully saturated rings. The Kier molecular flexibility index (Phi) is 51.7. The zero-order chi connectivity index (χ0) is 35.4. The summed E-state index contributed by atoms with van der Waals surface area (Å²) in [6.45, 7) is 22.8. The fourth-order valence-corrected chi connectivity index (χ4v) is 0.620. The van der Waals surface area contributed by atoms with Crippen LogP contribution in [0, 0.1) is 5.92 Å². The van der Waals surface area contributed by atoms with Crippen molar-refractivity contribution in [3.8, 4) is 0 Å². The van der Waals surface area contributed by atoms with Crippen LogP contribution >= 0.6 is 0 Å². The Morgan fingerprint density at radius 3 is 0.786 bits per heavy atom. The summed E-state index contributed by atoms with van der Waals surface area (Å²) in [6.07, 6.45) is 3.86. The van der Waals surface area contributed by atoms with E-state index in [-0.39, 0.29) is 42.5 Å². The lowest BCUT2D eigenvalue weighted by Gasteiger charge is -2.07. The number of aliphatic carboxylic acids is 6. The van der Waals surface area contributed by atoms with Crippen molar-refractivity contribution in [3.63, 3.8) is 0 Å². The van der Waals surface area contributed by atoms with E-state index in [1.165, 1.54) is 20.8 Å². The van der Waals surface area contributed by atoms with E-state index < -0.39 is 35.8 Å². The van der Waals surface area contributed by atoms with Gasteiger partial charge in [-0.15, -0.1) is 0 Å². The number of rotatable bonds is 11. The largest absolute Gasteiger partial charge is 0.478 e. The number of aliphatic hydroxyl groups excluding tert-OH is 3. The first-order valence-corrected chi connectivity index (χ1v) is 11.1. The number of aliphatic hydroxyl groups is 3. The second kappa shape index (κ2) is 40.6. The highest BCUT2D eigenvalue weighted by molar-refractivity contribution is 5.85. The highest BCUT2D eigenvalue weighted by Gasteiger charge is 2.03. The Bertz CT molecular complexity index is 731. The van der Waals surface area contributed by atoms with E-state index >= 15 is 0 Å². The van der Waals surface area contributed by atoms with Crippen LogP contribution in [0.25, 0.3) is 0 Å². The second-order valence-corrected chi connectivity index (χ2v) is 6.98. The molecule has 0 spiro atoms. The fraction of sp³-hybridized carbons (Fsp3) is 0.333. The number of carboxylic acids is 6. The molecule has 0 aromatic heterocycles. The van der Waals surface area contributed by atoms with Crippen LogP contribution in [0.15, 0.2) is 74.4 Å². The van der Waals surface area contributed by atoms with E-state index in [0.717, 1.165) is 18.2 Å². The minimum Gasteiger partial charge on any atom is -0.478 e. The third-order valence-electron chi connectivity index (χ3n) is 2.91. The molecular weight excluding hydrogens is 564 g/mol. The maximum atomic E-state index is 9.60. The van der Waals surface area contributed by atoms with Gasteiger partial charge in [-0.3, -0.25) is 0 Å². The van der Waals surface area contributed by atoms with Crippen molar-refractivity contribution in [2.45, 2.75) is 33.6 Å². The molecule has 0 unspecified atom stereocenters. The van der Waals surface area contributed by atoms with E-state index in [0.29, 0.717) is 12.8 Å². The molecule has 0 aromatic rings. The molecule has 0 saturated carbocycles. The summed E-state index contributed by atoms with van der Waals surface area (Å²) in [6, 6.07) is 0. The van der Waals surface area contributed by atoms with Gasteiger partial charge in [0, 0.05) is 60.7 Å². The topological polar surface area (TPSA) is 284 Å². The van der Waals surface area contributed by atoms with Crippen LogP contribution in [0.5, 0.6) is 0 Å². The van der Waals surface area contributed by atoms with Crippen LogP contribution in [0.3, 0.4) is 0 Å². The van der Waals surface area contributed by atoms with Crippen molar-refractivity contribution in [2.24, 2.45) is 5.92 Å². The lowest BCUT2D eigenvalue weighted by atomic mass is 10.1. The molecule has 0 aliphatic rings. The Hall–Kier alpha value is -4.86. The van der Waals surface area contributed by atoms with Crippen molar-refractivity contribution in [1.29, 1.82) is 0 Å². The van der Waals surface area contributed by atoms with Crippen LogP contribution < -0.4 is 0 Å². The minimum atomic E-state index is -0.981. The van der Waals surface area contributed by atoms with Gasteiger partial charge in [0.25, 0.3) is 0 Å². The normalized spacial score (nSPS) is 7.79. The van der Waals surface area contributed by atoms with Crippen molar-refractivity contribution in [2.75, 3.05) is 19.8 Å². The summed E-state index contributed by atoms with van der Waals surface area (Å²) in [5, 5.41) is 71.9. The summed E-state index contributed by atoms with van der Waals surface area (Å²) in [7, 11) is 0. The predicted octanol–water partition coefficient (Wildman–Crippen LogP) is 2.07. The molecule has 9 N–H and O–H groups in total.